The van der Waals surface area contributed by atoms with Crippen molar-refractivity contribution in [1.82, 2.24) is 4.98 Å². The average molecular weight is 235 g/mol. The quantitative estimate of drug-likeness (QED) is 0.841. The van der Waals surface area contributed by atoms with Crippen LogP contribution in [0.2, 0.25) is 0 Å². The van der Waals surface area contributed by atoms with Gasteiger partial charge in [-0.05, 0) is 31.9 Å². The maximum absolute atomic E-state index is 5.68. The second-order valence-corrected chi connectivity index (χ2v) is 4.38. The Hall–Kier alpha value is -1.13. The van der Waals surface area contributed by atoms with Crippen LogP contribution >= 0.6 is 0 Å². The second kappa shape index (κ2) is 5.98. The molecule has 1 unspecified atom stereocenters. The first-order valence-corrected chi connectivity index (χ1v) is 6.35. The van der Waals surface area contributed by atoms with E-state index in [0.29, 0.717) is 12.6 Å². The number of hydrogen-bond acceptors (Lipinski definition) is 4. The second-order valence-electron chi connectivity index (χ2n) is 4.38. The van der Waals surface area contributed by atoms with Crippen LogP contribution < -0.4 is 10.6 Å². The molecule has 0 spiro atoms. The summed E-state index contributed by atoms with van der Waals surface area (Å²) in [7, 11) is 0. The van der Waals surface area contributed by atoms with Crippen molar-refractivity contribution in [2.75, 3.05) is 24.6 Å². The highest BCUT2D eigenvalue weighted by molar-refractivity contribution is 5.46. The molecule has 1 aliphatic rings. The van der Waals surface area contributed by atoms with E-state index in [-0.39, 0.29) is 0 Å². The van der Waals surface area contributed by atoms with Crippen LogP contribution in [0.3, 0.4) is 0 Å². The van der Waals surface area contributed by atoms with E-state index in [9.17, 15) is 0 Å². The lowest BCUT2D eigenvalue weighted by Gasteiger charge is -2.26. The van der Waals surface area contributed by atoms with Crippen LogP contribution in [-0.2, 0) is 11.3 Å². The molecule has 4 heteroatoms. The number of aromatic nitrogens is 1. The maximum Gasteiger partial charge on any atom is 0.0750 e. The lowest BCUT2D eigenvalue weighted by atomic mass is 10.2. The fraction of sp³-hybridized carbons (Fsp3) is 0.615. The van der Waals surface area contributed by atoms with Gasteiger partial charge in [0.05, 0.1) is 11.8 Å². The number of nitrogens with two attached hydrogens (primary N) is 1. The molecule has 2 heterocycles. The van der Waals surface area contributed by atoms with Gasteiger partial charge in [0.25, 0.3) is 0 Å². The number of pyridine rings is 1. The van der Waals surface area contributed by atoms with Gasteiger partial charge in [0, 0.05) is 38.1 Å². The fourth-order valence-corrected chi connectivity index (χ4v) is 2.23. The van der Waals surface area contributed by atoms with Crippen molar-refractivity contribution in [2.24, 2.45) is 5.73 Å². The third-order valence-electron chi connectivity index (χ3n) is 3.20. The molecule has 1 aromatic heterocycles. The van der Waals surface area contributed by atoms with E-state index in [0.717, 1.165) is 25.4 Å². The normalized spacial score (nSPS) is 19.5. The zero-order chi connectivity index (χ0) is 12.1. The van der Waals surface area contributed by atoms with E-state index in [1.807, 2.05) is 12.3 Å². The number of likely N-dealkylation sites (N-methyl/N-ethyl adjacent to an activating group) is 1. The summed E-state index contributed by atoms with van der Waals surface area (Å²) in [4.78, 5) is 6.55. The van der Waals surface area contributed by atoms with Crippen LogP contribution in [0.5, 0.6) is 0 Å². The van der Waals surface area contributed by atoms with Crippen LogP contribution in [0.4, 0.5) is 5.69 Å². The van der Waals surface area contributed by atoms with E-state index in [1.165, 1.54) is 18.5 Å². The van der Waals surface area contributed by atoms with Gasteiger partial charge in [0.2, 0.25) is 0 Å². The summed E-state index contributed by atoms with van der Waals surface area (Å²) in [5, 5.41) is 0. The van der Waals surface area contributed by atoms with E-state index in [2.05, 4.69) is 22.9 Å². The van der Waals surface area contributed by atoms with E-state index in [1.54, 1.807) is 0 Å². The molecule has 0 radical (unpaired) electrons. The number of ether oxygens (including phenoxy) is 1. The SMILES string of the molecule is CCN(CC1CCCO1)c1ccnc(CN)c1. The molecular weight excluding hydrogens is 214 g/mol. The smallest absolute Gasteiger partial charge is 0.0750 e. The highest BCUT2D eigenvalue weighted by Crippen LogP contribution is 2.19. The zero-order valence-corrected chi connectivity index (χ0v) is 10.4. The molecule has 1 saturated heterocycles. The van der Waals surface area contributed by atoms with Gasteiger partial charge < -0.3 is 15.4 Å². The Balaban J connectivity index is 2.04. The maximum atomic E-state index is 5.68. The molecule has 0 amide bonds. The molecule has 4 nitrogen and oxygen atoms in total. The molecule has 1 atom stereocenters. The lowest BCUT2D eigenvalue weighted by molar-refractivity contribution is 0.115. The van der Waals surface area contributed by atoms with Crippen molar-refractivity contribution in [3.63, 3.8) is 0 Å². The molecule has 0 bridgehead atoms. The first-order valence-electron chi connectivity index (χ1n) is 6.35. The lowest BCUT2D eigenvalue weighted by Crippen LogP contribution is -2.32. The molecule has 0 aromatic carbocycles. The van der Waals surface area contributed by atoms with Crippen molar-refractivity contribution >= 4 is 5.69 Å². The van der Waals surface area contributed by atoms with Gasteiger partial charge in [0.1, 0.15) is 0 Å². The predicted molar refractivity (Wildman–Crippen MR) is 69.0 cm³/mol. The van der Waals surface area contributed by atoms with Gasteiger partial charge in [-0.15, -0.1) is 0 Å². The van der Waals surface area contributed by atoms with Crippen LogP contribution in [0.25, 0.3) is 0 Å². The van der Waals surface area contributed by atoms with Crippen molar-refractivity contribution < 1.29 is 4.74 Å². The van der Waals surface area contributed by atoms with Crippen molar-refractivity contribution in [1.29, 1.82) is 0 Å². The molecule has 94 valence electrons. The van der Waals surface area contributed by atoms with Gasteiger partial charge in [-0.2, -0.15) is 0 Å². The Bertz CT molecular complexity index is 350. The highest BCUT2D eigenvalue weighted by atomic mass is 16.5. The molecule has 2 N–H and O–H groups in total. The molecule has 0 saturated carbocycles. The summed E-state index contributed by atoms with van der Waals surface area (Å²) >= 11 is 0. The molecular formula is C13H21N3O. The zero-order valence-electron chi connectivity index (χ0n) is 10.4. The summed E-state index contributed by atoms with van der Waals surface area (Å²) in [6, 6.07) is 4.11. The van der Waals surface area contributed by atoms with Crippen LogP contribution in [0, 0.1) is 0 Å². The summed E-state index contributed by atoms with van der Waals surface area (Å²) in [5.41, 5.74) is 7.75. The Morgan fingerprint density at radius 3 is 3.12 bits per heavy atom. The summed E-state index contributed by atoms with van der Waals surface area (Å²) in [6.07, 6.45) is 4.57. The molecule has 0 aliphatic carbocycles. The Kier molecular flexibility index (Phi) is 4.34. The van der Waals surface area contributed by atoms with Crippen molar-refractivity contribution in [3.05, 3.63) is 24.0 Å². The van der Waals surface area contributed by atoms with Gasteiger partial charge in [-0.1, -0.05) is 0 Å². The van der Waals surface area contributed by atoms with Gasteiger partial charge >= 0.3 is 0 Å². The highest BCUT2D eigenvalue weighted by Gasteiger charge is 2.18. The first-order chi connectivity index (χ1) is 8.33. The number of anilines is 1. The van der Waals surface area contributed by atoms with Gasteiger partial charge in [0.15, 0.2) is 0 Å². The Labute approximate surface area is 103 Å². The Morgan fingerprint density at radius 1 is 1.59 bits per heavy atom. The largest absolute Gasteiger partial charge is 0.376 e. The number of rotatable bonds is 5. The first kappa shape index (κ1) is 12.3. The van der Waals surface area contributed by atoms with Crippen molar-refractivity contribution in [3.8, 4) is 0 Å². The molecule has 1 aromatic rings. The predicted octanol–water partition coefficient (Wildman–Crippen LogP) is 1.55. The number of nitrogens with zero attached hydrogens (tertiary/aromatic N) is 2. The van der Waals surface area contributed by atoms with Gasteiger partial charge in [-0.3, -0.25) is 4.98 Å². The summed E-state index contributed by atoms with van der Waals surface area (Å²) in [6.45, 7) is 5.51. The molecule has 2 rings (SSSR count). The van der Waals surface area contributed by atoms with E-state index < -0.39 is 0 Å². The number of hydrogen-bond donors (Lipinski definition) is 1. The standard InChI is InChI=1S/C13H21N3O/c1-2-16(10-13-4-3-7-17-13)12-5-6-15-11(8-12)9-14/h5-6,8,13H,2-4,7,9-10,14H2,1H3. The average Bonchev–Trinajstić information content (AvgIpc) is 2.89. The topological polar surface area (TPSA) is 51.4 Å². The third kappa shape index (κ3) is 3.17. The third-order valence-corrected chi connectivity index (χ3v) is 3.20. The fourth-order valence-electron chi connectivity index (χ4n) is 2.23. The van der Waals surface area contributed by atoms with Crippen LogP contribution in [-0.4, -0.2) is 30.8 Å². The molecule has 1 aliphatic heterocycles. The minimum absolute atomic E-state index is 0.379. The molecule has 1 fully saturated rings. The minimum Gasteiger partial charge on any atom is -0.376 e. The van der Waals surface area contributed by atoms with E-state index in [4.69, 9.17) is 10.5 Å². The molecule has 17 heavy (non-hydrogen) atoms. The summed E-state index contributed by atoms with van der Waals surface area (Å²) < 4.78 is 5.68. The van der Waals surface area contributed by atoms with E-state index >= 15 is 0 Å². The van der Waals surface area contributed by atoms with Gasteiger partial charge in [-0.25, -0.2) is 0 Å². The monoisotopic (exact) mass is 235 g/mol. The van der Waals surface area contributed by atoms with Crippen LogP contribution in [0.1, 0.15) is 25.5 Å². The Morgan fingerprint density at radius 2 is 2.47 bits per heavy atom. The van der Waals surface area contributed by atoms with Crippen molar-refractivity contribution in [2.45, 2.75) is 32.4 Å². The van der Waals surface area contributed by atoms with Crippen LogP contribution in [0.15, 0.2) is 18.3 Å². The minimum atomic E-state index is 0.379. The summed E-state index contributed by atoms with van der Waals surface area (Å²) in [5.74, 6) is 0.